The molecule has 1 aliphatic heterocycles. The number of nitrogens with zero attached hydrogens (tertiary/aromatic N) is 1. The van der Waals surface area contributed by atoms with E-state index in [4.69, 9.17) is 4.74 Å². The predicted octanol–water partition coefficient (Wildman–Crippen LogP) is 0.995. The van der Waals surface area contributed by atoms with E-state index in [9.17, 15) is 10.0 Å². The molecule has 1 aliphatic rings. The van der Waals surface area contributed by atoms with Crippen LogP contribution in [0.1, 0.15) is 32.3 Å². The summed E-state index contributed by atoms with van der Waals surface area (Å²) in [5, 5.41) is 19.0. The third-order valence-corrected chi connectivity index (χ3v) is 4.28. The molecule has 0 saturated carbocycles. The average molecular weight is 277 g/mol. The van der Waals surface area contributed by atoms with Crippen molar-refractivity contribution in [2.24, 2.45) is 5.92 Å². The van der Waals surface area contributed by atoms with Crippen molar-refractivity contribution >= 4 is 12.6 Å². The van der Waals surface area contributed by atoms with Crippen molar-refractivity contribution < 1.29 is 14.8 Å². The molecule has 1 saturated heterocycles. The molecule has 1 heterocycles. The van der Waals surface area contributed by atoms with Crippen molar-refractivity contribution in [2.45, 2.75) is 39.3 Å². The van der Waals surface area contributed by atoms with Gasteiger partial charge in [0.2, 0.25) is 0 Å². The van der Waals surface area contributed by atoms with Crippen LogP contribution in [0.2, 0.25) is 0 Å². The van der Waals surface area contributed by atoms with Gasteiger partial charge in [0.15, 0.2) is 0 Å². The van der Waals surface area contributed by atoms with Crippen LogP contribution in [0.4, 0.5) is 0 Å². The molecule has 0 radical (unpaired) electrons. The van der Waals surface area contributed by atoms with E-state index in [2.05, 4.69) is 18.7 Å². The molecule has 0 amide bonds. The van der Waals surface area contributed by atoms with Gasteiger partial charge in [-0.05, 0) is 55.4 Å². The Balaban J connectivity index is 2.18. The summed E-state index contributed by atoms with van der Waals surface area (Å²) < 4.78 is 5.24. The summed E-state index contributed by atoms with van der Waals surface area (Å²) in [6.45, 7) is 6.33. The Bertz CT molecular complexity index is 453. The van der Waals surface area contributed by atoms with Gasteiger partial charge < -0.3 is 14.8 Å². The normalized spacial score (nSPS) is 23.6. The van der Waals surface area contributed by atoms with Crippen molar-refractivity contribution in [3.8, 4) is 5.75 Å². The zero-order chi connectivity index (χ0) is 14.7. The first-order valence-corrected chi connectivity index (χ1v) is 7.28. The number of methoxy groups -OCH3 is 1. The number of piperidine rings is 1. The minimum absolute atomic E-state index is 0.522. The molecule has 1 fully saturated rings. The standard InChI is InChI=1S/C15H24BNO3/c1-11-6-7-17(12(2)8-11)10-13-9-14(20-3)4-5-15(13)16(18)19/h4-5,9,11-12,18-19H,6-8,10H2,1-3H3. The van der Waals surface area contributed by atoms with Crippen LogP contribution in [-0.4, -0.2) is 41.8 Å². The van der Waals surface area contributed by atoms with E-state index in [1.54, 1.807) is 19.2 Å². The number of benzene rings is 1. The number of hydrogen-bond acceptors (Lipinski definition) is 4. The average Bonchev–Trinajstić information content (AvgIpc) is 2.41. The van der Waals surface area contributed by atoms with Gasteiger partial charge in [-0.2, -0.15) is 0 Å². The van der Waals surface area contributed by atoms with Gasteiger partial charge >= 0.3 is 7.12 Å². The maximum Gasteiger partial charge on any atom is 0.488 e. The molecule has 2 atom stereocenters. The van der Waals surface area contributed by atoms with E-state index in [1.165, 1.54) is 12.8 Å². The molecule has 2 rings (SSSR count). The highest BCUT2D eigenvalue weighted by Gasteiger charge is 2.25. The lowest BCUT2D eigenvalue weighted by molar-refractivity contribution is 0.122. The fourth-order valence-electron chi connectivity index (χ4n) is 3.01. The Kier molecular flexibility index (Phi) is 5.08. The van der Waals surface area contributed by atoms with Crippen LogP contribution in [0.15, 0.2) is 18.2 Å². The van der Waals surface area contributed by atoms with Gasteiger partial charge in [-0.3, -0.25) is 4.90 Å². The van der Waals surface area contributed by atoms with E-state index < -0.39 is 7.12 Å². The van der Waals surface area contributed by atoms with Crippen molar-refractivity contribution in [2.75, 3.05) is 13.7 Å². The maximum absolute atomic E-state index is 9.50. The van der Waals surface area contributed by atoms with Crippen LogP contribution < -0.4 is 10.2 Å². The summed E-state index contributed by atoms with van der Waals surface area (Å²) in [6, 6.07) is 5.92. The van der Waals surface area contributed by atoms with Gasteiger partial charge in [0.05, 0.1) is 7.11 Å². The molecule has 0 spiro atoms. The second-order valence-electron chi connectivity index (χ2n) is 5.89. The van der Waals surface area contributed by atoms with Gasteiger partial charge in [0.1, 0.15) is 5.75 Å². The molecule has 110 valence electrons. The number of ether oxygens (including phenoxy) is 1. The molecule has 4 nitrogen and oxygen atoms in total. The smallest absolute Gasteiger partial charge is 0.488 e. The summed E-state index contributed by atoms with van der Waals surface area (Å²) in [6.07, 6.45) is 2.40. The first-order chi connectivity index (χ1) is 9.51. The predicted molar refractivity (Wildman–Crippen MR) is 81.1 cm³/mol. The van der Waals surface area contributed by atoms with E-state index in [0.717, 1.165) is 30.3 Å². The first kappa shape index (κ1) is 15.4. The highest BCUT2D eigenvalue weighted by atomic mass is 16.5. The molecular weight excluding hydrogens is 253 g/mol. The van der Waals surface area contributed by atoms with E-state index >= 15 is 0 Å². The Morgan fingerprint density at radius 1 is 1.35 bits per heavy atom. The highest BCUT2D eigenvalue weighted by molar-refractivity contribution is 6.59. The Morgan fingerprint density at radius 3 is 2.70 bits per heavy atom. The molecule has 1 aromatic rings. The summed E-state index contributed by atoms with van der Waals surface area (Å²) in [7, 11) is 0.189. The molecule has 0 aliphatic carbocycles. The van der Waals surface area contributed by atoms with Crippen LogP contribution in [-0.2, 0) is 6.54 Å². The van der Waals surface area contributed by atoms with Crippen LogP contribution in [0.3, 0.4) is 0 Å². The zero-order valence-electron chi connectivity index (χ0n) is 12.5. The largest absolute Gasteiger partial charge is 0.497 e. The van der Waals surface area contributed by atoms with E-state index in [-0.39, 0.29) is 0 Å². The summed E-state index contributed by atoms with van der Waals surface area (Å²) in [5.74, 6) is 1.52. The molecule has 1 aromatic carbocycles. The topological polar surface area (TPSA) is 52.9 Å². The molecule has 20 heavy (non-hydrogen) atoms. The van der Waals surface area contributed by atoms with Crippen molar-refractivity contribution in [1.82, 2.24) is 4.90 Å². The second-order valence-corrected chi connectivity index (χ2v) is 5.89. The monoisotopic (exact) mass is 277 g/mol. The van der Waals surface area contributed by atoms with Gasteiger partial charge in [-0.15, -0.1) is 0 Å². The van der Waals surface area contributed by atoms with E-state index in [0.29, 0.717) is 11.5 Å². The minimum atomic E-state index is -1.44. The van der Waals surface area contributed by atoms with Crippen LogP contribution in [0, 0.1) is 5.92 Å². The fraction of sp³-hybridized carbons (Fsp3) is 0.600. The van der Waals surface area contributed by atoms with Gasteiger partial charge in [-0.1, -0.05) is 13.0 Å². The maximum atomic E-state index is 9.50. The summed E-state index contributed by atoms with van der Waals surface area (Å²) in [4.78, 5) is 2.40. The number of rotatable bonds is 4. The lowest BCUT2D eigenvalue weighted by Gasteiger charge is -2.37. The number of hydrogen-bond donors (Lipinski definition) is 2. The fourth-order valence-corrected chi connectivity index (χ4v) is 3.01. The lowest BCUT2D eigenvalue weighted by Crippen LogP contribution is -2.42. The quantitative estimate of drug-likeness (QED) is 0.806. The number of likely N-dealkylation sites (tertiary alicyclic amines) is 1. The second kappa shape index (κ2) is 6.61. The molecular formula is C15H24BNO3. The molecule has 0 aromatic heterocycles. The van der Waals surface area contributed by atoms with Gasteiger partial charge in [-0.25, -0.2) is 0 Å². The van der Waals surface area contributed by atoms with Crippen molar-refractivity contribution in [1.29, 1.82) is 0 Å². The van der Waals surface area contributed by atoms with Crippen LogP contribution in [0.25, 0.3) is 0 Å². The van der Waals surface area contributed by atoms with E-state index in [1.807, 2.05) is 6.07 Å². The van der Waals surface area contributed by atoms with Gasteiger partial charge in [0, 0.05) is 12.6 Å². The third-order valence-electron chi connectivity index (χ3n) is 4.28. The molecule has 0 bridgehead atoms. The first-order valence-electron chi connectivity index (χ1n) is 7.28. The lowest BCUT2D eigenvalue weighted by atomic mass is 9.76. The van der Waals surface area contributed by atoms with Crippen LogP contribution >= 0.6 is 0 Å². The SMILES string of the molecule is COc1ccc(B(O)O)c(CN2CCC(C)CC2C)c1. The third kappa shape index (κ3) is 3.54. The molecule has 5 heteroatoms. The Hall–Kier alpha value is -1.04. The summed E-state index contributed by atoms with van der Waals surface area (Å²) >= 11 is 0. The van der Waals surface area contributed by atoms with Crippen LogP contribution in [0.5, 0.6) is 5.75 Å². The highest BCUT2D eigenvalue weighted by Crippen LogP contribution is 2.24. The minimum Gasteiger partial charge on any atom is -0.497 e. The van der Waals surface area contributed by atoms with Crippen molar-refractivity contribution in [3.05, 3.63) is 23.8 Å². The molecule has 2 unspecified atom stereocenters. The van der Waals surface area contributed by atoms with Crippen molar-refractivity contribution in [3.63, 3.8) is 0 Å². The Morgan fingerprint density at radius 2 is 2.10 bits per heavy atom. The zero-order valence-corrected chi connectivity index (χ0v) is 12.5. The molecule has 2 N–H and O–H groups in total. The van der Waals surface area contributed by atoms with Gasteiger partial charge in [0.25, 0.3) is 0 Å². The Labute approximate surface area is 121 Å². The summed E-state index contributed by atoms with van der Waals surface area (Å²) in [5.41, 5.74) is 1.50.